The van der Waals surface area contributed by atoms with Crippen LogP contribution in [0.15, 0.2) is 17.9 Å². The maximum absolute atomic E-state index is 6.04. The van der Waals surface area contributed by atoms with Gasteiger partial charge in [-0.2, -0.15) is 12.6 Å². The molecule has 0 bridgehead atoms. The lowest BCUT2D eigenvalue weighted by Crippen LogP contribution is -2.41. The summed E-state index contributed by atoms with van der Waals surface area (Å²) in [7, 11) is 1.39. The number of anilines is 1. The van der Waals surface area contributed by atoms with Crippen LogP contribution in [0.4, 0.5) is 5.95 Å². The predicted octanol–water partition coefficient (Wildman–Crippen LogP) is 2.46. The molecule has 2 heterocycles. The van der Waals surface area contributed by atoms with Crippen molar-refractivity contribution in [2.45, 2.75) is 38.9 Å². The average molecular weight is 307 g/mol. The summed E-state index contributed by atoms with van der Waals surface area (Å²) >= 11 is 4.39. The van der Waals surface area contributed by atoms with Gasteiger partial charge < -0.3 is 14.6 Å². The molecule has 2 rings (SSSR count). The molecule has 1 fully saturated rings. The average Bonchev–Trinajstić information content (AvgIpc) is 2.65. The minimum atomic E-state index is -0.392. The highest BCUT2D eigenvalue weighted by Crippen LogP contribution is 2.38. The summed E-state index contributed by atoms with van der Waals surface area (Å²) in [5.41, 5.74) is 1.14. The Kier molecular flexibility index (Phi) is 4.65. The Balaban J connectivity index is 2.22. The largest absolute Gasteiger partial charge is 0.491 e. The van der Waals surface area contributed by atoms with Gasteiger partial charge in [0.25, 0.3) is 0 Å². The van der Waals surface area contributed by atoms with E-state index >= 15 is 0 Å². The molecule has 0 saturated carbocycles. The van der Waals surface area contributed by atoms with Crippen LogP contribution in [0.3, 0.4) is 0 Å². The molecule has 1 aromatic rings. The molecule has 1 aliphatic heterocycles. The Bertz CT molecular complexity index is 516. The summed E-state index contributed by atoms with van der Waals surface area (Å²) in [5.74, 6) is 1.14. The third-order valence-electron chi connectivity index (χ3n) is 3.99. The number of nitrogens with one attached hydrogen (secondary N) is 1. The first-order valence-corrected chi connectivity index (χ1v) is 7.59. The van der Waals surface area contributed by atoms with Gasteiger partial charge in [-0.1, -0.05) is 6.08 Å². The molecule has 0 aliphatic carbocycles. The molecule has 0 aromatic carbocycles. The van der Waals surface area contributed by atoms with Crippen LogP contribution in [0.2, 0.25) is 0 Å². The number of aromatic nitrogens is 2. The zero-order valence-corrected chi connectivity index (χ0v) is 14.1. The quantitative estimate of drug-likeness (QED) is 0.661. The molecule has 1 N–H and O–H groups in total. The Hall–Kier alpha value is -1.05. The second-order valence-electron chi connectivity index (χ2n) is 6.06. The third kappa shape index (κ3) is 3.41. The van der Waals surface area contributed by atoms with Gasteiger partial charge in [-0.05, 0) is 33.2 Å². The summed E-state index contributed by atoms with van der Waals surface area (Å²) < 4.78 is 12.1. The van der Waals surface area contributed by atoms with E-state index in [1.54, 1.807) is 19.4 Å². The molecular weight excluding hydrogens is 285 g/mol. The van der Waals surface area contributed by atoms with Gasteiger partial charge in [-0.25, -0.2) is 9.97 Å². The topological polar surface area (TPSA) is 56.3 Å². The number of hydrogen-bond acceptors (Lipinski definition) is 6. The van der Waals surface area contributed by atoms with Crippen LogP contribution in [0.5, 0.6) is 0 Å². The molecule has 114 valence electrons. The van der Waals surface area contributed by atoms with E-state index in [1.165, 1.54) is 0 Å². The number of rotatable bonds is 4. The fourth-order valence-corrected chi connectivity index (χ4v) is 2.18. The molecule has 0 radical (unpaired) electrons. The Labute approximate surface area is 132 Å². The van der Waals surface area contributed by atoms with Crippen molar-refractivity contribution in [1.82, 2.24) is 9.97 Å². The molecule has 0 amide bonds. The van der Waals surface area contributed by atoms with E-state index in [0.29, 0.717) is 11.7 Å². The number of thiol groups is 1. The van der Waals surface area contributed by atoms with Crippen molar-refractivity contribution < 1.29 is 9.31 Å². The molecule has 1 saturated heterocycles. The van der Waals surface area contributed by atoms with Gasteiger partial charge in [0.1, 0.15) is 0 Å². The maximum atomic E-state index is 6.04. The van der Waals surface area contributed by atoms with Crippen molar-refractivity contribution in [2.24, 2.45) is 0 Å². The predicted molar refractivity (Wildman–Crippen MR) is 89.5 cm³/mol. The first-order chi connectivity index (χ1) is 9.79. The van der Waals surface area contributed by atoms with Crippen LogP contribution >= 0.6 is 12.6 Å². The van der Waals surface area contributed by atoms with E-state index < -0.39 is 7.12 Å². The van der Waals surface area contributed by atoms with E-state index in [2.05, 4.69) is 27.9 Å². The van der Waals surface area contributed by atoms with E-state index in [4.69, 9.17) is 9.31 Å². The first-order valence-electron chi connectivity index (χ1n) is 6.96. The molecule has 1 aromatic heterocycles. The van der Waals surface area contributed by atoms with E-state index in [1.807, 2.05) is 33.8 Å². The monoisotopic (exact) mass is 307 g/mol. The van der Waals surface area contributed by atoms with Crippen LogP contribution in [-0.2, 0) is 9.31 Å². The Morgan fingerprint density at radius 2 is 1.76 bits per heavy atom. The smallest absolute Gasteiger partial charge is 0.400 e. The summed E-state index contributed by atoms with van der Waals surface area (Å²) in [6, 6.07) is 0. The molecule has 0 unspecified atom stereocenters. The minimum absolute atomic E-state index is 0.355. The van der Waals surface area contributed by atoms with Gasteiger partial charge in [0.2, 0.25) is 5.95 Å². The standard InChI is InChI=1S/C14H22BN3O2S/c1-13(2)14(3,4)20-15(19-13)11(9-21)6-10-7-17-12(16-5)18-8-10/h6-8,21H,9H2,1-5H3,(H,16,17,18). The normalized spacial score (nSPS) is 20.7. The molecule has 7 heteroatoms. The summed E-state index contributed by atoms with van der Waals surface area (Å²) in [6.45, 7) is 8.14. The fraction of sp³-hybridized carbons (Fsp3) is 0.571. The number of nitrogens with zero attached hydrogens (tertiary/aromatic N) is 2. The van der Waals surface area contributed by atoms with Crippen LogP contribution in [-0.4, -0.2) is 41.1 Å². The first kappa shape index (κ1) is 16.3. The Morgan fingerprint density at radius 3 is 2.19 bits per heavy atom. The Morgan fingerprint density at radius 1 is 1.24 bits per heavy atom. The van der Waals surface area contributed by atoms with Crippen LogP contribution in [0, 0.1) is 0 Å². The second kappa shape index (κ2) is 5.98. The van der Waals surface area contributed by atoms with Gasteiger partial charge in [-0.15, -0.1) is 0 Å². The van der Waals surface area contributed by atoms with Gasteiger partial charge >= 0.3 is 7.12 Å². The van der Waals surface area contributed by atoms with Gasteiger partial charge in [0.05, 0.1) is 11.2 Å². The van der Waals surface area contributed by atoms with E-state index in [0.717, 1.165) is 11.0 Å². The highest BCUT2D eigenvalue weighted by molar-refractivity contribution is 7.80. The van der Waals surface area contributed by atoms with Gasteiger partial charge in [0.15, 0.2) is 0 Å². The zero-order chi connectivity index (χ0) is 15.7. The SMILES string of the molecule is CNc1ncc(C=C(CS)B2OC(C)(C)C(C)(C)O2)cn1. The third-order valence-corrected chi connectivity index (χ3v) is 4.35. The van der Waals surface area contributed by atoms with Crippen LogP contribution in [0.1, 0.15) is 33.3 Å². The molecule has 0 atom stereocenters. The molecule has 21 heavy (non-hydrogen) atoms. The second-order valence-corrected chi connectivity index (χ2v) is 6.37. The lowest BCUT2D eigenvalue weighted by atomic mass is 9.78. The highest BCUT2D eigenvalue weighted by Gasteiger charge is 2.52. The van der Waals surface area contributed by atoms with Crippen molar-refractivity contribution in [3.63, 3.8) is 0 Å². The number of hydrogen-bond donors (Lipinski definition) is 2. The van der Waals surface area contributed by atoms with Crippen molar-refractivity contribution in [2.75, 3.05) is 18.1 Å². The lowest BCUT2D eigenvalue weighted by molar-refractivity contribution is 0.00578. The molecular formula is C14H22BN3O2S. The molecule has 5 nitrogen and oxygen atoms in total. The molecule has 1 aliphatic rings. The fourth-order valence-electron chi connectivity index (χ4n) is 1.94. The van der Waals surface area contributed by atoms with Crippen molar-refractivity contribution in [1.29, 1.82) is 0 Å². The summed E-state index contributed by atoms with van der Waals surface area (Å²) in [4.78, 5) is 8.39. The van der Waals surface area contributed by atoms with Crippen molar-refractivity contribution in [3.8, 4) is 0 Å². The van der Waals surface area contributed by atoms with E-state index in [9.17, 15) is 0 Å². The summed E-state index contributed by atoms with van der Waals surface area (Å²) in [5, 5.41) is 2.89. The maximum Gasteiger partial charge on any atom is 0.491 e. The van der Waals surface area contributed by atoms with Gasteiger partial charge in [0, 0.05) is 30.8 Å². The highest BCUT2D eigenvalue weighted by atomic mass is 32.1. The molecule has 0 spiro atoms. The van der Waals surface area contributed by atoms with Crippen LogP contribution < -0.4 is 5.32 Å². The zero-order valence-electron chi connectivity index (χ0n) is 13.2. The van der Waals surface area contributed by atoms with E-state index in [-0.39, 0.29) is 11.2 Å². The van der Waals surface area contributed by atoms with Crippen molar-refractivity contribution in [3.05, 3.63) is 23.4 Å². The minimum Gasteiger partial charge on any atom is -0.400 e. The van der Waals surface area contributed by atoms with Crippen molar-refractivity contribution >= 4 is 31.8 Å². The van der Waals surface area contributed by atoms with Crippen LogP contribution in [0.25, 0.3) is 6.08 Å². The lowest BCUT2D eigenvalue weighted by Gasteiger charge is -2.32. The van der Waals surface area contributed by atoms with Gasteiger partial charge in [-0.3, -0.25) is 0 Å². The summed E-state index contributed by atoms with van der Waals surface area (Å²) in [6.07, 6.45) is 5.48.